The van der Waals surface area contributed by atoms with E-state index in [2.05, 4.69) is 20.7 Å². The fourth-order valence-corrected chi connectivity index (χ4v) is 4.33. The standard InChI is InChI=1S/C13H20BrNO2S/c1-13(2,3)10-18(16,17)15-12(9-14)11-7-5-4-6-8-11/h4-8,12,15H,9-10H2,1-3H3. The van der Waals surface area contributed by atoms with E-state index in [0.717, 1.165) is 5.56 Å². The van der Waals surface area contributed by atoms with Crippen LogP contribution in [0.4, 0.5) is 0 Å². The van der Waals surface area contributed by atoms with E-state index in [9.17, 15) is 8.42 Å². The number of benzene rings is 1. The summed E-state index contributed by atoms with van der Waals surface area (Å²) in [5.74, 6) is 0.121. The zero-order chi connectivity index (χ0) is 13.8. The average Bonchev–Trinajstić information content (AvgIpc) is 2.24. The smallest absolute Gasteiger partial charge is 0.212 e. The van der Waals surface area contributed by atoms with E-state index >= 15 is 0 Å². The van der Waals surface area contributed by atoms with Crippen LogP contribution in [0.25, 0.3) is 0 Å². The minimum atomic E-state index is -3.28. The van der Waals surface area contributed by atoms with E-state index < -0.39 is 10.0 Å². The van der Waals surface area contributed by atoms with Gasteiger partial charge in [0.05, 0.1) is 11.8 Å². The maximum absolute atomic E-state index is 12.1. The number of rotatable bonds is 5. The lowest BCUT2D eigenvalue weighted by molar-refractivity contribution is 0.455. The molecule has 0 heterocycles. The van der Waals surface area contributed by atoms with Gasteiger partial charge in [-0.3, -0.25) is 0 Å². The molecule has 0 radical (unpaired) electrons. The second-order valence-corrected chi connectivity index (χ2v) is 7.96. The molecule has 3 nitrogen and oxygen atoms in total. The van der Waals surface area contributed by atoms with Gasteiger partial charge >= 0.3 is 0 Å². The average molecular weight is 334 g/mol. The van der Waals surface area contributed by atoms with Crippen LogP contribution in [0.5, 0.6) is 0 Å². The molecule has 0 aliphatic heterocycles. The summed E-state index contributed by atoms with van der Waals surface area (Å²) in [6.07, 6.45) is 0. The van der Waals surface area contributed by atoms with Gasteiger partial charge in [-0.25, -0.2) is 13.1 Å². The van der Waals surface area contributed by atoms with E-state index in [4.69, 9.17) is 0 Å². The van der Waals surface area contributed by atoms with E-state index in [1.807, 2.05) is 51.1 Å². The van der Waals surface area contributed by atoms with Crippen molar-refractivity contribution < 1.29 is 8.42 Å². The third-order valence-corrected chi connectivity index (χ3v) is 4.84. The number of hydrogen-bond acceptors (Lipinski definition) is 2. The number of hydrogen-bond donors (Lipinski definition) is 1. The molecule has 18 heavy (non-hydrogen) atoms. The van der Waals surface area contributed by atoms with E-state index in [-0.39, 0.29) is 17.2 Å². The molecule has 0 amide bonds. The SMILES string of the molecule is CC(C)(C)CS(=O)(=O)NC(CBr)c1ccccc1. The molecule has 1 atom stereocenters. The van der Waals surface area contributed by atoms with Gasteiger partial charge in [0.15, 0.2) is 0 Å². The zero-order valence-corrected chi connectivity index (χ0v) is 13.4. The van der Waals surface area contributed by atoms with Crippen molar-refractivity contribution in [1.29, 1.82) is 0 Å². The van der Waals surface area contributed by atoms with Crippen molar-refractivity contribution in [2.75, 3.05) is 11.1 Å². The number of sulfonamides is 1. The van der Waals surface area contributed by atoms with Crippen LogP contribution in [0.1, 0.15) is 32.4 Å². The normalized spacial score (nSPS) is 14.4. The predicted octanol–water partition coefficient (Wildman–Crippen LogP) is 3.09. The molecule has 0 aromatic heterocycles. The highest BCUT2D eigenvalue weighted by Gasteiger charge is 2.24. The van der Waals surface area contributed by atoms with Crippen molar-refractivity contribution >= 4 is 26.0 Å². The topological polar surface area (TPSA) is 46.2 Å². The van der Waals surface area contributed by atoms with Crippen molar-refractivity contribution in [3.63, 3.8) is 0 Å². The van der Waals surface area contributed by atoms with Crippen molar-refractivity contribution in [2.24, 2.45) is 5.41 Å². The van der Waals surface area contributed by atoms with E-state index in [1.54, 1.807) is 0 Å². The predicted molar refractivity (Wildman–Crippen MR) is 79.4 cm³/mol. The quantitative estimate of drug-likeness (QED) is 0.841. The van der Waals surface area contributed by atoms with Crippen molar-refractivity contribution in [3.8, 4) is 0 Å². The van der Waals surface area contributed by atoms with Crippen LogP contribution in [-0.2, 0) is 10.0 Å². The lowest BCUT2D eigenvalue weighted by Gasteiger charge is -2.22. The van der Waals surface area contributed by atoms with Crippen LogP contribution in [0.2, 0.25) is 0 Å². The van der Waals surface area contributed by atoms with Crippen LogP contribution in [0.15, 0.2) is 30.3 Å². The van der Waals surface area contributed by atoms with Crippen LogP contribution >= 0.6 is 15.9 Å². The highest BCUT2D eigenvalue weighted by molar-refractivity contribution is 9.09. The summed E-state index contributed by atoms with van der Waals surface area (Å²) in [5.41, 5.74) is 0.714. The Morgan fingerprint density at radius 3 is 2.22 bits per heavy atom. The Labute approximate surface area is 118 Å². The van der Waals surface area contributed by atoms with Crippen LogP contribution in [0.3, 0.4) is 0 Å². The second-order valence-electron chi connectivity index (χ2n) is 5.56. The van der Waals surface area contributed by atoms with Gasteiger partial charge in [-0.1, -0.05) is 67.0 Å². The molecule has 0 aliphatic carbocycles. The first-order valence-corrected chi connectivity index (χ1v) is 8.62. The van der Waals surface area contributed by atoms with Gasteiger partial charge in [0.2, 0.25) is 10.0 Å². The molecule has 0 bridgehead atoms. The number of alkyl halides is 1. The van der Waals surface area contributed by atoms with E-state index in [0.29, 0.717) is 5.33 Å². The van der Waals surface area contributed by atoms with Crippen LogP contribution in [0, 0.1) is 5.41 Å². The monoisotopic (exact) mass is 333 g/mol. The molecule has 0 saturated carbocycles. The summed E-state index contributed by atoms with van der Waals surface area (Å²) >= 11 is 3.36. The van der Waals surface area contributed by atoms with Gasteiger partial charge in [-0.2, -0.15) is 0 Å². The third kappa shape index (κ3) is 5.50. The van der Waals surface area contributed by atoms with Crippen molar-refractivity contribution in [2.45, 2.75) is 26.8 Å². The second kappa shape index (κ2) is 6.17. The highest BCUT2D eigenvalue weighted by atomic mass is 79.9. The van der Waals surface area contributed by atoms with Gasteiger partial charge in [0, 0.05) is 5.33 Å². The summed E-state index contributed by atoms with van der Waals surface area (Å²) in [6.45, 7) is 5.74. The molecule has 0 aliphatic rings. The molecular formula is C13H20BrNO2S. The molecule has 1 aromatic carbocycles. The zero-order valence-electron chi connectivity index (χ0n) is 11.0. The maximum atomic E-state index is 12.1. The fourth-order valence-electron chi connectivity index (χ4n) is 1.70. The van der Waals surface area contributed by atoms with Gasteiger partial charge in [0.25, 0.3) is 0 Å². The lowest BCUT2D eigenvalue weighted by atomic mass is 10.0. The molecule has 1 aromatic rings. The number of nitrogens with one attached hydrogen (secondary N) is 1. The van der Waals surface area contributed by atoms with Crippen LogP contribution < -0.4 is 4.72 Å². The molecule has 5 heteroatoms. The van der Waals surface area contributed by atoms with Gasteiger partial charge in [-0.15, -0.1) is 0 Å². The Kier molecular flexibility index (Phi) is 5.37. The lowest BCUT2D eigenvalue weighted by Crippen LogP contribution is -2.35. The number of halogens is 1. The van der Waals surface area contributed by atoms with Crippen molar-refractivity contribution in [3.05, 3.63) is 35.9 Å². The molecule has 0 saturated heterocycles. The molecule has 0 fully saturated rings. The Balaban J connectivity index is 2.82. The largest absolute Gasteiger partial charge is 0.212 e. The summed E-state index contributed by atoms with van der Waals surface area (Å²) in [5, 5.41) is 0.556. The first-order valence-electron chi connectivity index (χ1n) is 5.84. The minimum absolute atomic E-state index is 0.121. The van der Waals surface area contributed by atoms with Gasteiger partial charge < -0.3 is 0 Å². The molecule has 1 N–H and O–H groups in total. The summed E-state index contributed by atoms with van der Waals surface area (Å²) in [7, 11) is -3.28. The van der Waals surface area contributed by atoms with E-state index in [1.165, 1.54) is 0 Å². The Hall–Kier alpha value is -0.390. The summed E-state index contributed by atoms with van der Waals surface area (Å²) in [6, 6.07) is 9.35. The molecule has 1 rings (SSSR count). The molecule has 102 valence electrons. The molecule has 0 spiro atoms. The molecular weight excluding hydrogens is 314 g/mol. The fraction of sp³-hybridized carbons (Fsp3) is 0.538. The van der Waals surface area contributed by atoms with Crippen molar-refractivity contribution in [1.82, 2.24) is 4.72 Å². The van der Waals surface area contributed by atoms with Gasteiger partial charge in [-0.05, 0) is 11.0 Å². The Morgan fingerprint density at radius 2 is 1.78 bits per heavy atom. The highest BCUT2D eigenvalue weighted by Crippen LogP contribution is 2.20. The first-order chi connectivity index (χ1) is 8.23. The van der Waals surface area contributed by atoms with Crippen LogP contribution in [-0.4, -0.2) is 19.5 Å². The molecule has 1 unspecified atom stereocenters. The minimum Gasteiger partial charge on any atom is -0.212 e. The van der Waals surface area contributed by atoms with Gasteiger partial charge in [0.1, 0.15) is 0 Å². The summed E-state index contributed by atoms with van der Waals surface area (Å²) in [4.78, 5) is 0. The Morgan fingerprint density at radius 1 is 1.22 bits per heavy atom. The Bertz CT molecular complexity index is 466. The first kappa shape index (κ1) is 15.7. The maximum Gasteiger partial charge on any atom is 0.212 e. The summed E-state index contributed by atoms with van der Waals surface area (Å²) < 4.78 is 26.9. The third-order valence-electron chi connectivity index (χ3n) is 2.30.